The zero-order chi connectivity index (χ0) is 14.0. The zero-order valence-corrected chi connectivity index (χ0v) is 12.0. The van der Waals surface area contributed by atoms with Crippen LogP contribution in [0.3, 0.4) is 0 Å². The summed E-state index contributed by atoms with van der Waals surface area (Å²) in [5.74, 6) is 0.759. The first-order chi connectivity index (χ1) is 8.99. The highest BCUT2D eigenvalue weighted by molar-refractivity contribution is 5.05. The maximum Gasteiger partial charge on any atom is 0.330 e. The van der Waals surface area contributed by atoms with E-state index in [4.69, 9.17) is 0 Å². The van der Waals surface area contributed by atoms with E-state index in [1.807, 2.05) is 0 Å². The van der Waals surface area contributed by atoms with E-state index in [0.717, 1.165) is 5.92 Å². The van der Waals surface area contributed by atoms with Crippen molar-refractivity contribution >= 4 is 0 Å². The molecule has 1 aromatic heterocycles. The summed E-state index contributed by atoms with van der Waals surface area (Å²) < 4.78 is 2.63. The lowest BCUT2D eigenvalue weighted by Gasteiger charge is -2.27. The van der Waals surface area contributed by atoms with E-state index >= 15 is 0 Å². The Balaban J connectivity index is 2.08. The Labute approximate surface area is 113 Å². The minimum absolute atomic E-state index is 0.195. The van der Waals surface area contributed by atoms with Crippen molar-refractivity contribution in [3.05, 3.63) is 32.6 Å². The predicted octanol–water partition coefficient (Wildman–Crippen LogP) is 0.752. The van der Waals surface area contributed by atoms with Gasteiger partial charge in [0.2, 0.25) is 0 Å². The highest BCUT2D eigenvalue weighted by Crippen LogP contribution is 2.23. The van der Waals surface area contributed by atoms with Gasteiger partial charge in [0.25, 0.3) is 5.56 Å². The average molecular weight is 265 g/mol. The molecule has 0 aliphatic heterocycles. The van der Waals surface area contributed by atoms with Gasteiger partial charge in [-0.05, 0) is 18.8 Å². The Hall–Kier alpha value is -1.36. The van der Waals surface area contributed by atoms with Crippen molar-refractivity contribution in [3.63, 3.8) is 0 Å². The molecule has 1 aromatic rings. The van der Waals surface area contributed by atoms with E-state index in [-0.39, 0.29) is 11.2 Å². The Morgan fingerprint density at radius 1 is 1.32 bits per heavy atom. The van der Waals surface area contributed by atoms with Crippen LogP contribution in [0.4, 0.5) is 0 Å². The number of nitrogens with one attached hydrogen (secondary N) is 1. The smallest absolute Gasteiger partial charge is 0.310 e. The zero-order valence-electron chi connectivity index (χ0n) is 12.0. The van der Waals surface area contributed by atoms with Gasteiger partial charge in [-0.1, -0.05) is 19.8 Å². The molecular formula is C14H23N3O2. The Morgan fingerprint density at radius 2 is 2.05 bits per heavy atom. The second kappa shape index (κ2) is 5.74. The number of aryl methyl sites for hydroxylation is 1. The van der Waals surface area contributed by atoms with Gasteiger partial charge in [0.05, 0.1) is 0 Å². The molecule has 0 amide bonds. The van der Waals surface area contributed by atoms with Gasteiger partial charge in [0, 0.05) is 38.4 Å². The fourth-order valence-corrected chi connectivity index (χ4v) is 2.88. The van der Waals surface area contributed by atoms with E-state index in [1.54, 1.807) is 13.2 Å². The maximum absolute atomic E-state index is 12.0. The van der Waals surface area contributed by atoms with Crippen molar-refractivity contribution in [1.29, 1.82) is 0 Å². The molecule has 0 radical (unpaired) electrons. The summed E-state index contributed by atoms with van der Waals surface area (Å²) in [6, 6.07) is 0.491. The molecule has 0 bridgehead atoms. The number of hydrogen-bond donors (Lipinski definition) is 1. The average Bonchev–Trinajstić information content (AvgIpc) is 2.39. The van der Waals surface area contributed by atoms with Gasteiger partial charge < -0.3 is 9.88 Å². The summed E-state index contributed by atoms with van der Waals surface area (Å²) in [5.41, 5.74) is 0.183. The Bertz CT molecular complexity index is 559. The third-order valence-corrected chi connectivity index (χ3v) is 4.04. The highest BCUT2D eigenvalue weighted by Gasteiger charge is 2.18. The lowest BCUT2D eigenvalue weighted by atomic mass is 9.87. The van der Waals surface area contributed by atoms with Crippen molar-refractivity contribution in [1.82, 2.24) is 14.5 Å². The standard InChI is InChI=1S/C14H23N3O2/c1-10-5-4-6-12(7-10)15-8-11-9-16(2)14(19)17(3)13(11)18/h9-10,12,15H,4-8H2,1-3H3. The molecule has 19 heavy (non-hydrogen) atoms. The van der Waals surface area contributed by atoms with Crippen LogP contribution in [0.1, 0.15) is 38.2 Å². The summed E-state index contributed by atoms with van der Waals surface area (Å²) in [6.07, 6.45) is 6.55. The molecule has 1 N–H and O–H groups in total. The molecular weight excluding hydrogens is 242 g/mol. The van der Waals surface area contributed by atoms with Gasteiger partial charge in [-0.15, -0.1) is 0 Å². The summed E-state index contributed by atoms with van der Waals surface area (Å²) in [5, 5.41) is 3.45. The van der Waals surface area contributed by atoms with Crippen molar-refractivity contribution in [2.45, 2.75) is 45.2 Å². The SMILES string of the molecule is CC1CCCC(NCc2cn(C)c(=O)n(C)c2=O)C1. The second-order valence-electron chi connectivity index (χ2n) is 5.76. The lowest BCUT2D eigenvalue weighted by Crippen LogP contribution is -2.41. The third kappa shape index (κ3) is 3.15. The van der Waals surface area contributed by atoms with Crippen LogP contribution < -0.4 is 16.6 Å². The first-order valence-electron chi connectivity index (χ1n) is 6.98. The number of aromatic nitrogens is 2. The van der Waals surface area contributed by atoms with Crippen molar-refractivity contribution in [2.75, 3.05) is 0 Å². The first-order valence-corrected chi connectivity index (χ1v) is 6.98. The largest absolute Gasteiger partial charge is 0.330 e. The molecule has 5 nitrogen and oxygen atoms in total. The normalized spacial score (nSPS) is 23.5. The molecule has 2 rings (SSSR count). The van der Waals surface area contributed by atoms with E-state index in [0.29, 0.717) is 18.2 Å². The third-order valence-electron chi connectivity index (χ3n) is 4.04. The van der Waals surface area contributed by atoms with Crippen molar-refractivity contribution in [2.24, 2.45) is 20.0 Å². The van der Waals surface area contributed by atoms with Crippen LogP contribution >= 0.6 is 0 Å². The van der Waals surface area contributed by atoms with Gasteiger partial charge >= 0.3 is 5.69 Å². The molecule has 2 atom stereocenters. The molecule has 106 valence electrons. The topological polar surface area (TPSA) is 56.0 Å². The first kappa shape index (κ1) is 14.1. The summed E-state index contributed by atoms with van der Waals surface area (Å²) in [4.78, 5) is 23.6. The maximum atomic E-state index is 12.0. The molecule has 0 saturated heterocycles. The van der Waals surface area contributed by atoms with Gasteiger partial charge in [-0.3, -0.25) is 9.36 Å². The van der Waals surface area contributed by atoms with Gasteiger partial charge in [0.1, 0.15) is 0 Å². The van der Waals surface area contributed by atoms with Crippen LogP contribution in [-0.4, -0.2) is 15.2 Å². The fourth-order valence-electron chi connectivity index (χ4n) is 2.88. The van der Waals surface area contributed by atoms with Crippen LogP contribution in [0.5, 0.6) is 0 Å². The molecule has 1 saturated carbocycles. The van der Waals surface area contributed by atoms with E-state index < -0.39 is 0 Å². The Kier molecular flexibility index (Phi) is 4.24. The number of rotatable bonds is 3. The predicted molar refractivity (Wildman–Crippen MR) is 75.2 cm³/mol. The minimum Gasteiger partial charge on any atom is -0.310 e. The highest BCUT2D eigenvalue weighted by atomic mass is 16.2. The number of hydrogen-bond acceptors (Lipinski definition) is 3. The van der Waals surface area contributed by atoms with Gasteiger partial charge in [-0.2, -0.15) is 0 Å². The fraction of sp³-hybridized carbons (Fsp3) is 0.714. The molecule has 1 heterocycles. The van der Waals surface area contributed by atoms with Gasteiger partial charge in [-0.25, -0.2) is 4.79 Å². The molecule has 1 aliphatic rings. The molecule has 2 unspecified atom stereocenters. The van der Waals surface area contributed by atoms with Crippen LogP contribution in [0, 0.1) is 5.92 Å². The van der Waals surface area contributed by atoms with Gasteiger partial charge in [0.15, 0.2) is 0 Å². The summed E-state index contributed by atoms with van der Waals surface area (Å²) in [6.45, 7) is 2.82. The molecule has 0 aromatic carbocycles. The van der Waals surface area contributed by atoms with Crippen LogP contribution in [-0.2, 0) is 20.6 Å². The molecule has 1 fully saturated rings. The Morgan fingerprint density at radius 3 is 2.74 bits per heavy atom. The molecule has 0 spiro atoms. The van der Waals surface area contributed by atoms with E-state index in [2.05, 4.69) is 12.2 Å². The van der Waals surface area contributed by atoms with E-state index in [9.17, 15) is 9.59 Å². The summed E-state index contributed by atoms with van der Waals surface area (Å²) in [7, 11) is 3.20. The monoisotopic (exact) mass is 265 g/mol. The van der Waals surface area contributed by atoms with Crippen LogP contribution in [0.25, 0.3) is 0 Å². The molecule has 1 aliphatic carbocycles. The second-order valence-corrected chi connectivity index (χ2v) is 5.76. The van der Waals surface area contributed by atoms with Crippen LogP contribution in [0.2, 0.25) is 0 Å². The lowest BCUT2D eigenvalue weighted by molar-refractivity contribution is 0.300. The van der Waals surface area contributed by atoms with Crippen molar-refractivity contribution in [3.8, 4) is 0 Å². The van der Waals surface area contributed by atoms with Crippen LogP contribution in [0.15, 0.2) is 15.8 Å². The quantitative estimate of drug-likeness (QED) is 0.877. The minimum atomic E-state index is -0.278. The summed E-state index contributed by atoms with van der Waals surface area (Å²) >= 11 is 0. The number of nitrogens with zero attached hydrogens (tertiary/aromatic N) is 2. The van der Waals surface area contributed by atoms with Crippen molar-refractivity contribution < 1.29 is 0 Å². The van der Waals surface area contributed by atoms with E-state index in [1.165, 1.54) is 41.9 Å². The molecule has 5 heteroatoms.